The van der Waals surface area contributed by atoms with Crippen molar-refractivity contribution in [2.75, 3.05) is 6.61 Å². The van der Waals surface area contributed by atoms with Gasteiger partial charge in [-0.1, -0.05) is 19.3 Å². The summed E-state index contributed by atoms with van der Waals surface area (Å²) in [4.78, 5) is 23.5. The van der Waals surface area contributed by atoms with Crippen molar-refractivity contribution >= 4 is 18.0 Å². The number of hydrogen-bond acceptors (Lipinski definition) is 4. The van der Waals surface area contributed by atoms with Gasteiger partial charge in [0.1, 0.15) is 12.2 Å². The van der Waals surface area contributed by atoms with E-state index in [0.29, 0.717) is 6.61 Å². The van der Waals surface area contributed by atoms with Gasteiger partial charge in [-0.2, -0.15) is 5.10 Å². The molecule has 0 radical (unpaired) electrons. The first-order valence-electron chi connectivity index (χ1n) is 8.51. The minimum absolute atomic E-state index is 0.197. The molecule has 1 fully saturated rings. The summed E-state index contributed by atoms with van der Waals surface area (Å²) in [6, 6.07) is 7.58. The van der Waals surface area contributed by atoms with E-state index in [1.165, 1.54) is 12.6 Å². The standard InChI is InChI=1S/C18H25N3O3/c1-2-24-16-10-8-14(9-11-16)13-19-21-18(23)12-17(22)20-15-6-4-3-5-7-15/h8-11,13,15H,2-7,12H2,1H3,(H,20,22)(H,21,23)/b19-13+. The van der Waals surface area contributed by atoms with Crippen LogP contribution in [0.25, 0.3) is 0 Å². The number of nitrogens with one attached hydrogen (secondary N) is 2. The summed E-state index contributed by atoms with van der Waals surface area (Å²) in [6.07, 6.45) is 6.86. The van der Waals surface area contributed by atoms with Crippen molar-refractivity contribution in [2.24, 2.45) is 5.10 Å². The fraction of sp³-hybridized carbons (Fsp3) is 0.500. The molecule has 24 heavy (non-hydrogen) atoms. The Kier molecular flexibility index (Phi) is 7.26. The predicted octanol–water partition coefficient (Wildman–Crippen LogP) is 2.37. The summed E-state index contributed by atoms with van der Waals surface area (Å²) in [6.45, 7) is 2.54. The number of hydrogen-bond donors (Lipinski definition) is 2. The molecule has 6 heteroatoms. The highest BCUT2D eigenvalue weighted by Crippen LogP contribution is 2.17. The van der Waals surface area contributed by atoms with Gasteiger partial charge in [-0.15, -0.1) is 0 Å². The maximum Gasteiger partial charge on any atom is 0.249 e. The number of ether oxygens (including phenoxy) is 1. The van der Waals surface area contributed by atoms with Gasteiger partial charge < -0.3 is 10.1 Å². The molecule has 2 N–H and O–H groups in total. The molecule has 1 aromatic rings. The Morgan fingerprint density at radius 3 is 2.54 bits per heavy atom. The number of amides is 2. The van der Waals surface area contributed by atoms with Crippen molar-refractivity contribution in [3.8, 4) is 5.75 Å². The van der Waals surface area contributed by atoms with E-state index in [0.717, 1.165) is 37.0 Å². The molecular weight excluding hydrogens is 306 g/mol. The molecule has 2 amide bonds. The molecule has 0 heterocycles. The van der Waals surface area contributed by atoms with Crippen LogP contribution in [-0.2, 0) is 9.59 Å². The fourth-order valence-electron chi connectivity index (χ4n) is 2.71. The predicted molar refractivity (Wildman–Crippen MR) is 93.0 cm³/mol. The van der Waals surface area contributed by atoms with Gasteiger partial charge >= 0.3 is 0 Å². The Morgan fingerprint density at radius 1 is 1.17 bits per heavy atom. The SMILES string of the molecule is CCOc1ccc(/C=N/NC(=O)CC(=O)NC2CCCCC2)cc1. The van der Waals surface area contributed by atoms with Crippen molar-refractivity contribution in [1.82, 2.24) is 10.7 Å². The largest absolute Gasteiger partial charge is 0.494 e. The molecule has 0 saturated heterocycles. The van der Waals surface area contributed by atoms with E-state index < -0.39 is 5.91 Å². The molecule has 1 aliphatic rings. The number of carbonyl (C=O) groups is 2. The lowest BCUT2D eigenvalue weighted by Crippen LogP contribution is -2.38. The Hall–Kier alpha value is -2.37. The zero-order valence-corrected chi connectivity index (χ0v) is 14.1. The number of benzene rings is 1. The minimum Gasteiger partial charge on any atom is -0.494 e. The van der Waals surface area contributed by atoms with Crippen LogP contribution in [0, 0.1) is 0 Å². The van der Waals surface area contributed by atoms with E-state index in [9.17, 15) is 9.59 Å². The molecular formula is C18H25N3O3. The van der Waals surface area contributed by atoms with Crippen LogP contribution in [-0.4, -0.2) is 30.7 Å². The lowest BCUT2D eigenvalue weighted by Gasteiger charge is -2.22. The zero-order chi connectivity index (χ0) is 17.2. The maximum absolute atomic E-state index is 11.8. The molecule has 130 valence electrons. The second-order valence-corrected chi connectivity index (χ2v) is 5.87. The second kappa shape index (κ2) is 9.70. The Labute approximate surface area is 142 Å². The van der Waals surface area contributed by atoms with Crippen molar-refractivity contribution in [1.29, 1.82) is 0 Å². The van der Waals surface area contributed by atoms with Gasteiger partial charge in [0.25, 0.3) is 0 Å². The molecule has 0 bridgehead atoms. The molecule has 2 rings (SSSR count). The van der Waals surface area contributed by atoms with Gasteiger partial charge in [0, 0.05) is 6.04 Å². The first-order chi connectivity index (χ1) is 11.7. The van der Waals surface area contributed by atoms with Crippen LogP contribution in [0.3, 0.4) is 0 Å². The maximum atomic E-state index is 11.8. The summed E-state index contributed by atoms with van der Waals surface area (Å²) in [5.74, 6) is 0.138. The third-order valence-electron chi connectivity index (χ3n) is 3.89. The van der Waals surface area contributed by atoms with Gasteiger partial charge in [-0.05, 0) is 49.6 Å². The zero-order valence-electron chi connectivity index (χ0n) is 14.1. The summed E-state index contributed by atoms with van der Waals surface area (Å²) in [5.41, 5.74) is 3.22. The molecule has 6 nitrogen and oxygen atoms in total. The van der Waals surface area contributed by atoms with Gasteiger partial charge in [-0.25, -0.2) is 5.43 Å². The quantitative estimate of drug-likeness (QED) is 0.457. The Bertz CT molecular complexity index is 563. The third kappa shape index (κ3) is 6.40. The van der Waals surface area contributed by atoms with Crippen LogP contribution in [0.15, 0.2) is 29.4 Å². The lowest BCUT2D eigenvalue weighted by molar-refractivity contribution is -0.129. The van der Waals surface area contributed by atoms with Gasteiger partial charge in [-0.3, -0.25) is 9.59 Å². The molecule has 0 atom stereocenters. The smallest absolute Gasteiger partial charge is 0.249 e. The average Bonchev–Trinajstić information content (AvgIpc) is 2.57. The van der Waals surface area contributed by atoms with Crippen LogP contribution in [0.5, 0.6) is 5.75 Å². The van der Waals surface area contributed by atoms with Crippen LogP contribution >= 0.6 is 0 Å². The van der Waals surface area contributed by atoms with Crippen molar-refractivity contribution < 1.29 is 14.3 Å². The van der Waals surface area contributed by atoms with Crippen molar-refractivity contribution in [3.63, 3.8) is 0 Å². The molecule has 0 aliphatic heterocycles. The fourth-order valence-corrected chi connectivity index (χ4v) is 2.71. The number of rotatable bonds is 7. The van der Waals surface area contributed by atoms with Crippen LogP contribution < -0.4 is 15.5 Å². The highest BCUT2D eigenvalue weighted by molar-refractivity contribution is 5.97. The molecule has 1 aliphatic carbocycles. The van der Waals surface area contributed by atoms with E-state index in [1.807, 2.05) is 31.2 Å². The van der Waals surface area contributed by atoms with E-state index in [1.54, 1.807) is 0 Å². The Morgan fingerprint density at radius 2 is 1.88 bits per heavy atom. The summed E-state index contributed by atoms with van der Waals surface area (Å²) in [7, 11) is 0. The molecule has 1 aromatic carbocycles. The van der Waals surface area contributed by atoms with Crippen LogP contribution in [0.4, 0.5) is 0 Å². The highest BCUT2D eigenvalue weighted by Gasteiger charge is 2.17. The van der Waals surface area contributed by atoms with E-state index in [2.05, 4.69) is 15.8 Å². The minimum atomic E-state index is -0.412. The molecule has 0 aromatic heterocycles. The number of nitrogens with zero attached hydrogens (tertiary/aromatic N) is 1. The first kappa shape index (κ1) is 18.0. The first-order valence-corrected chi connectivity index (χ1v) is 8.51. The second-order valence-electron chi connectivity index (χ2n) is 5.87. The van der Waals surface area contributed by atoms with Crippen molar-refractivity contribution in [2.45, 2.75) is 51.5 Å². The summed E-state index contributed by atoms with van der Waals surface area (Å²) < 4.78 is 5.35. The number of hydrazone groups is 1. The van der Waals surface area contributed by atoms with E-state index in [4.69, 9.17) is 4.74 Å². The van der Waals surface area contributed by atoms with Gasteiger partial charge in [0.2, 0.25) is 11.8 Å². The normalized spacial score (nSPS) is 15.2. The van der Waals surface area contributed by atoms with Gasteiger partial charge in [0.15, 0.2) is 0 Å². The van der Waals surface area contributed by atoms with E-state index in [-0.39, 0.29) is 18.4 Å². The summed E-state index contributed by atoms with van der Waals surface area (Å²) in [5, 5.41) is 6.78. The third-order valence-corrected chi connectivity index (χ3v) is 3.89. The lowest BCUT2D eigenvalue weighted by atomic mass is 9.95. The topological polar surface area (TPSA) is 79.8 Å². The van der Waals surface area contributed by atoms with Crippen LogP contribution in [0.2, 0.25) is 0 Å². The Balaban J connectivity index is 1.70. The molecule has 1 saturated carbocycles. The molecule has 0 unspecified atom stereocenters. The molecule has 0 spiro atoms. The van der Waals surface area contributed by atoms with Crippen LogP contribution in [0.1, 0.15) is 51.0 Å². The average molecular weight is 331 g/mol. The van der Waals surface area contributed by atoms with Crippen molar-refractivity contribution in [3.05, 3.63) is 29.8 Å². The van der Waals surface area contributed by atoms with Gasteiger partial charge in [0.05, 0.1) is 12.8 Å². The highest BCUT2D eigenvalue weighted by atomic mass is 16.5. The van der Waals surface area contributed by atoms with E-state index >= 15 is 0 Å². The number of carbonyl (C=O) groups excluding carboxylic acids is 2. The summed E-state index contributed by atoms with van der Waals surface area (Å²) >= 11 is 0. The monoisotopic (exact) mass is 331 g/mol.